The summed E-state index contributed by atoms with van der Waals surface area (Å²) in [5.74, 6) is -1.50. The van der Waals surface area contributed by atoms with E-state index in [0.717, 1.165) is 0 Å². The predicted molar refractivity (Wildman–Crippen MR) is 108 cm³/mol. The van der Waals surface area contributed by atoms with Crippen LogP contribution in [0.5, 0.6) is 0 Å². The molecule has 1 aromatic heterocycles. The number of hydrogen-bond donors (Lipinski definition) is 6. The Morgan fingerprint density at radius 1 is 1.21 bits per heavy atom. The maximum Gasteiger partial charge on any atom is 0.326 e. The highest BCUT2D eigenvalue weighted by molar-refractivity contribution is 7.98. The topological polar surface area (TPSA) is 176 Å². The third-order valence-corrected chi connectivity index (χ3v) is 4.78. The van der Waals surface area contributed by atoms with Gasteiger partial charge in [-0.05, 0) is 44.2 Å². The van der Waals surface area contributed by atoms with Crippen LogP contribution in [0.3, 0.4) is 0 Å². The number of nitrogens with two attached hydrogens (primary N) is 2. The predicted octanol–water partition coefficient (Wildman–Crippen LogP) is -0.784. The lowest BCUT2D eigenvalue weighted by Gasteiger charge is -2.22. The van der Waals surface area contributed by atoms with Gasteiger partial charge in [-0.2, -0.15) is 11.8 Å². The second-order valence-electron chi connectivity index (χ2n) is 6.41. The molecule has 1 aromatic rings. The van der Waals surface area contributed by atoms with Crippen LogP contribution in [0.25, 0.3) is 0 Å². The lowest BCUT2D eigenvalue weighted by molar-refractivity contribution is -0.142. The molecule has 0 saturated heterocycles. The number of imidazole rings is 1. The number of aliphatic carboxylic acids is 1. The Morgan fingerprint density at radius 3 is 2.50 bits per heavy atom. The van der Waals surface area contributed by atoms with E-state index < -0.39 is 35.9 Å². The molecule has 3 atom stereocenters. The maximum absolute atomic E-state index is 12.6. The van der Waals surface area contributed by atoms with Crippen molar-refractivity contribution in [3.8, 4) is 0 Å². The molecule has 0 aliphatic heterocycles. The van der Waals surface area contributed by atoms with Gasteiger partial charge in [0.15, 0.2) is 0 Å². The molecule has 0 bridgehead atoms. The number of carboxylic acid groups (broad SMARTS) is 1. The third kappa shape index (κ3) is 8.72. The largest absolute Gasteiger partial charge is 0.480 e. The van der Waals surface area contributed by atoms with Crippen LogP contribution in [0.4, 0.5) is 0 Å². The van der Waals surface area contributed by atoms with Gasteiger partial charge in [-0.1, -0.05) is 0 Å². The molecule has 0 fully saturated rings. The van der Waals surface area contributed by atoms with Crippen molar-refractivity contribution < 1.29 is 19.5 Å². The number of aromatic amines is 1. The summed E-state index contributed by atoms with van der Waals surface area (Å²) in [6.45, 7) is 0.459. The number of nitrogens with zero attached hydrogens (tertiary/aromatic N) is 1. The van der Waals surface area contributed by atoms with Crippen LogP contribution in [-0.4, -0.2) is 69.5 Å². The third-order valence-electron chi connectivity index (χ3n) is 4.14. The van der Waals surface area contributed by atoms with Gasteiger partial charge < -0.3 is 32.2 Å². The van der Waals surface area contributed by atoms with Crippen molar-refractivity contribution in [2.75, 3.05) is 18.6 Å². The fraction of sp³-hybridized carbons (Fsp3) is 0.647. The molecule has 0 saturated carbocycles. The van der Waals surface area contributed by atoms with Crippen LogP contribution in [0.15, 0.2) is 12.5 Å². The van der Waals surface area contributed by atoms with E-state index in [9.17, 15) is 19.5 Å². The minimum absolute atomic E-state index is 0.250. The summed E-state index contributed by atoms with van der Waals surface area (Å²) in [6, 6.07) is -2.74. The number of amides is 2. The summed E-state index contributed by atoms with van der Waals surface area (Å²) in [5, 5.41) is 14.5. The normalized spacial score (nSPS) is 14.1. The molecule has 1 heterocycles. The smallest absolute Gasteiger partial charge is 0.326 e. The average molecular weight is 415 g/mol. The van der Waals surface area contributed by atoms with Gasteiger partial charge in [-0.15, -0.1) is 0 Å². The van der Waals surface area contributed by atoms with E-state index in [1.165, 1.54) is 18.1 Å². The summed E-state index contributed by atoms with van der Waals surface area (Å²) < 4.78 is 0. The van der Waals surface area contributed by atoms with Crippen LogP contribution in [-0.2, 0) is 20.8 Å². The number of carbonyl (C=O) groups excluding carboxylic acids is 2. The highest BCUT2D eigenvalue weighted by atomic mass is 32.2. The zero-order chi connectivity index (χ0) is 20.9. The average Bonchev–Trinajstić information content (AvgIpc) is 3.16. The molecule has 0 aliphatic carbocycles. The van der Waals surface area contributed by atoms with E-state index >= 15 is 0 Å². The number of unbranched alkanes of at least 4 members (excludes halogenated alkanes) is 1. The Labute approximate surface area is 168 Å². The summed E-state index contributed by atoms with van der Waals surface area (Å²) in [7, 11) is 0. The van der Waals surface area contributed by atoms with Crippen LogP contribution in [0.2, 0.25) is 0 Å². The van der Waals surface area contributed by atoms with Gasteiger partial charge in [0.25, 0.3) is 0 Å². The molecule has 28 heavy (non-hydrogen) atoms. The first kappa shape index (κ1) is 23.9. The van der Waals surface area contributed by atoms with E-state index in [2.05, 4.69) is 20.6 Å². The van der Waals surface area contributed by atoms with Gasteiger partial charge in [-0.25, -0.2) is 9.78 Å². The van der Waals surface area contributed by atoms with E-state index in [-0.39, 0.29) is 12.8 Å². The monoisotopic (exact) mass is 414 g/mol. The van der Waals surface area contributed by atoms with Crippen LogP contribution in [0.1, 0.15) is 31.4 Å². The Bertz CT molecular complexity index is 613. The molecule has 2 amide bonds. The van der Waals surface area contributed by atoms with Gasteiger partial charge in [0.2, 0.25) is 11.8 Å². The molecule has 0 aliphatic rings. The molecule has 0 spiro atoms. The Balaban J connectivity index is 2.68. The molecule has 10 nitrogen and oxygen atoms in total. The fourth-order valence-corrected chi connectivity index (χ4v) is 3.00. The lowest BCUT2D eigenvalue weighted by Crippen LogP contribution is -2.55. The first-order valence-electron chi connectivity index (χ1n) is 9.14. The van der Waals surface area contributed by atoms with Crippen molar-refractivity contribution in [2.45, 2.75) is 50.2 Å². The summed E-state index contributed by atoms with van der Waals surface area (Å²) in [6.07, 6.45) is 7.10. The molecular formula is C17H30N6O4S. The molecule has 11 heteroatoms. The number of H-pyrrole nitrogens is 1. The van der Waals surface area contributed by atoms with Gasteiger partial charge in [-0.3, -0.25) is 9.59 Å². The number of thioether (sulfide) groups is 1. The quantitative estimate of drug-likeness (QED) is 0.215. The van der Waals surface area contributed by atoms with Crippen LogP contribution < -0.4 is 22.1 Å². The van der Waals surface area contributed by atoms with E-state index in [1.807, 2.05) is 6.26 Å². The van der Waals surface area contributed by atoms with Crippen molar-refractivity contribution in [3.63, 3.8) is 0 Å². The number of nitrogens with one attached hydrogen (secondary N) is 3. The van der Waals surface area contributed by atoms with Crippen molar-refractivity contribution in [1.29, 1.82) is 0 Å². The van der Waals surface area contributed by atoms with Gasteiger partial charge in [0.05, 0.1) is 12.4 Å². The van der Waals surface area contributed by atoms with E-state index in [4.69, 9.17) is 11.5 Å². The SMILES string of the molecule is CSCC[C@H](NC(=O)[C@@H](N)Cc1cnc[nH]1)C(=O)N[C@@H](CCCCN)C(=O)O. The first-order valence-corrected chi connectivity index (χ1v) is 10.5. The molecule has 158 valence electrons. The Kier molecular flexibility index (Phi) is 11.2. The van der Waals surface area contributed by atoms with Crippen LogP contribution >= 0.6 is 11.8 Å². The zero-order valence-electron chi connectivity index (χ0n) is 16.0. The highest BCUT2D eigenvalue weighted by Crippen LogP contribution is 2.06. The maximum atomic E-state index is 12.6. The number of carboxylic acids is 1. The minimum Gasteiger partial charge on any atom is -0.480 e. The van der Waals surface area contributed by atoms with Crippen molar-refractivity contribution in [2.24, 2.45) is 11.5 Å². The van der Waals surface area contributed by atoms with Gasteiger partial charge in [0.1, 0.15) is 12.1 Å². The number of hydrogen-bond acceptors (Lipinski definition) is 7. The summed E-state index contributed by atoms with van der Waals surface area (Å²) in [5.41, 5.74) is 12.0. The number of aromatic nitrogens is 2. The number of rotatable bonds is 14. The van der Waals surface area contributed by atoms with E-state index in [1.54, 1.807) is 6.20 Å². The van der Waals surface area contributed by atoms with E-state index in [0.29, 0.717) is 37.3 Å². The van der Waals surface area contributed by atoms with Gasteiger partial charge in [0, 0.05) is 18.3 Å². The van der Waals surface area contributed by atoms with Crippen LogP contribution in [0, 0.1) is 0 Å². The zero-order valence-corrected chi connectivity index (χ0v) is 16.8. The molecule has 8 N–H and O–H groups in total. The summed E-state index contributed by atoms with van der Waals surface area (Å²) >= 11 is 1.52. The molecule has 0 unspecified atom stereocenters. The summed E-state index contributed by atoms with van der Waals surface area (Å²) in [4.78, 5) is 43.1. The van der Waals surface area contributed by atoms with Crippen molar-refractivity contribution >= 4 is 29.5 Å². The minimum atomic E-state index is -1.11. The first-order chi connectivity index (χ1) is 13.4. The standard InChI is InChI=1S/C17H30N6O4S/c1-28-7-5-13(16(25)23-14(17(26)27)4-2-3-6-18)22-15(24)12(19)8-11-9-20-10-21-11/h9-10,12-14H,2-8,18-19H2,1H3,(H,20,21)(H,22,24)(H,23,25)(H,26,27)/t12-,13-,14-/m0/s1. The number of carbonyl (C=O) groups is 3. The molecule has 1 rings (SSSR count). The fourth-order valence-electron chi connectivity index (χ4n) is 2.53. The highest BCUT2D eigenvalue weighted by Gasteiger charge is 2.27. The van der Waals surface area contributed by atoms with Gasteiger partial charge >= 0.3 is 5.97 Å². The lowest BCUT2D eigenvalue weighted by atomic mass is 10.1. The second kappa shape index (κ2) is 13.1. The van der Waals surface area contributed by atoms with Crippen molar-refractivity contribution in [1.82, 2.24) is 20.6 Å². The second-order valence-corrected chi connectivity index (χ2v) is 7.40. The Hall–Kier alpha value is -2.11. The van der Waals surface area contributed by atoms with Crippen molar-refractivity contribution in [3.05, 3.63) is 18.2 Å². The molecule has 0 radical (unpaired) electrons. The Morgan fingerprint density at radius 2 is 1.93 bits per heavy atom. The molecule has 0 aromatic carbocycles. The molecular weight excluding hydrogens is 384 g/mol.